The van der Waals surface area contributed by atoms with E-state index in [1.807, 2.05) is 18.2 Å². The number of nitrogens with one attached hydrogen (secondary N) is 1. The van der Waals surface area contributed by atoms with Crippen molar-refractivity contribution < 1.29 is 9.53 Å². The van der Waals surface area contributed by atoms with Gasteiger partial charge in [-0.2, -0.15) is 0 Å². The van der Waals surface area contributed by atoms with Gasteiger partial charge in [-0.25, -0.2) is 0 Å². The van der Waals surface area contributed by atoms with Gasteiger partial charge in [-0.3, -0.25) is 9.69 Å². The van der Waals surface area contributed by atoms with Crippen molar-refractivity contribution in [1.29, 1.82) is 0 Å². The minimum absolute atomic E-state index is 0.177. The maximum atomic E-state index is 11.5. The van der Waals surface area contributed by atoms with E-state index in [2.05, 4.69) is 23.3 Å². The van der Waals surface area contributed by atoms with Crippen LogP contribution in [0.15, 0.2) is 24.3 Å². The molecule has 0 spiro atoms. The molecule has 1 unspecified atom stereocenters. The summed E-state index contributed by atoms with van der Waals surface area (Å²) in [4.78, 5) is 13.9. The van der Waals surface area contributed by atoms with Crippen LogP contribution in [0.4, 0.5) is 0 Å². The first kappa shape index (κ1) is 16.0. The fraction of sp³-hybridized carbons (Fsp3) is 0.588. The molecule has 116 valence electrons. The Hall–Kier alpha value is -1.39. The summed E-state index contributed by atoms with van der Waals surface area (Å²) >= 11 is 0. The van der Waals surface area contributed by atoms with E-state index in [9.17, 15) is 4.79 Å². The lowest BCUT2D eigenvalue weighted by molar-refractivity contribution is -0.139. The molecule has 0 radical (unpaired) electrons. The molecular weight excluding hydrogens is 264 g/mol. The molecule has 21 heavy (non-hydrogen) atoms. The van der Waals surface area contributed by atoms with Gasteiger partial charge in [0.25, 0.3) is 0 Å². The largest absolute Gasteiger partial charge is 0.469 e. The zero-order valence-corrected chi connectivity index (χ0v) is 13.1. The highest BCUT2D eigenvalue weighted by molar-refractivity contribution is 5.72. The molecule has 0 aromatic heterocycles. The molecule has 0 saturated carbocycles. The molecule has 1 fully saturated rings. The summed E-state index contributed by atoms with van der Waals surface area (Å²) < 4.78 is 4.79. The molecule has 1 aromatic rings. The quantitative estimate of drug-likeness (QED) is 0.842. The van der Waals surface area contributed by atoms with Gasteiger partial charge < -0.3 is 10.1 Å². The molecule has 0 bridgehead atoms. The Kier molecular flexibility index (Phi) is 6.21. The summed E-state index contributed by atoms with van der Waals surface area (Å²) in [6.45, 7) is 3.11. The van der Waals surface area contributed by atoms with Gasteiger partial charge in [-0.05, 0) is 50.5 Å². The van der Waals surface area contributed by atoms with Gasteiger partial charge in [-0.15, -0.1) is 0 Å². The number of carbonyl (C=O) groups excluding carboxylic acids is 1. The third kappa shape index (κ3) is 4.83. The zero-order chi connectivity index (χ0) is 15.1. The Morgan fingerprint density at radius 2 is 2.05 bits per heavy atom. The number of esters is 1. The molecule has 4 nitrogen and oxygen atoms in total. The van der Waals surface area contributed by atoms with Gasteiger partial charge in [0.05, 0.1) is 13.5 Å². The number of carbonyl (C=O) groups is 1. The summed E-state index contributed by atoms with van der Waals surface area (Å²) in [7, 11) is 3.63. The average molecular weight is 290 g/mol. The molecule has 4 heteroatoms. The molecule has 1 N–H and O–H groups in total. The predicted molar refractivity (Wildman–Crippen MR) is 84.1 cm³/mol. The maximum absolute atomic E-state index is 11.5. The van der Waals surface area contributed by atoms with Gasteiger partial charge >= 0.3 is 5.97 Å². The summed E-state index contributed by atoms with van der Waals surface area (Å²) in [5.74, 6) is -0.177. The second-order valence-electron chi connectivity index (χ2n) is 5.77. The zero-order valence-electron chi connectivity index (χ0n) is 13.1. The molecule has 1 saturated heterocycles. The van der Waals surface area contributed by atoms with Gasteiger partial charge in [0.2, 0.25) is 0 Å². The van der Waals surface area contributed by atoms with Crippen LogP contribution in [0.1, 0.15) is 30.4 Å². The fourth-order valence-electron chi connectivity index (χ4n) is 2.95. The highest BCUT2D eigenvalue weighted by Gasteiger charge is 2.18. The van der Waals surface area contributed by atoms with Gasteiger partial charge in [0.15, 0.2) is 0 Å². The molecule has 0 aliphatic carbocycles. The predicted octanol–water partition coefficient (Wildman–Crippen LogP) is 1.98. The maximum Gasteiger partial charge on any atom is 0.309 e. The van der Waals surface area contributed by atoms with Gasteiger partial charge in [-0.1, -0.05) is 24.3 Å². The minimum atomic E-state index is -0.177. The van der Waals surface area contributed by atoms with Gasteiger partial charge in [0.1, 0.15) is 0 Å². The number of rotatable bonds is 5. The first-order chi connectivity index (χ1) is 10.2. The number of ether oxygens (including phenoxy) is 1. The number of nitrogens with zero attached hydrogens (tertiary/aromatic N) is 1. The molecular formula is C17H26N2O2. The van der Waals surface area contributed by atoms with E-state index < -0.39 is 0 Å². The fourth-order valence-corrected chi connectivity index (χ4v) is 2.95. The second-order valence-corrected chi connectivity index (χ2v) is 5.77. The summed E-state index contributed by atoms with van der Waals surface area (Å²) in [6, 6.07) is 8.78. The van der Waals surface area contributed by atoms with Crippen LogP contribution >= 0.6 is 0 Å². The van der Waals surface area contributed by atoms with E-state index in [0.717, 1.165) is 25.2 Å². The number of benzene rings is 1. The highest BCUT2D eigenvalue weighted by Crippen LogP contribution is 2.18. The highest BCUT2D eigenvalue weighted by atomic mass is 16.5. The first-order valence-electron chi connectivity index (χ1n) is 7.75. The smallest absolute Gasteiger partial charge is 0.309 e. The number of hydrogen-bond donors (Lipinski definition) is 1. The van der Waals surface area contributed by atoms with E-state index in [1.165, 1.54) is 31.9 Å². The number of methoxy groups -OCH3 is 1. The first-order valence-corrected chi connectivity index (χ1v) is 7.75. The van der Waals surface area contributed by atoms with E-state index in [-0.39, 0.29) is 5.97 Å². The summed E-state index contributed by atoms with van der Waals surface area (Å²) in [5.41, 5.74) is 2.30. The lowest BCUT2D eigenvalue weighted by Crippen LogP contribution is -2.32. The third-order valence-corrected chi connectivity index (χ3v) is 4.27. The van der Waals surface area contributed by atoms with Crippen LogP contribution in [0.25, 0.3) is 0 Å². The molecule has 2 rings (SSSR count). The van der Waals surface area contributed by atoms with Crippen molar-refractivity contribution >= 4 is 5.97 Å². The van der Waals surface area contributed by atoms with Crippen LogP contribution in [0.5, 0.6) is 0 Å². The topological polar surface area (TPSA) is 41.6 Å². The molecule has 1 atom stereocenters. The second kappa shape index (κ2) is 8.15. The van der Waals surface area contributed by atoms with E-state index in [4.69, 9.17) is 4.74 Å². The van der Waals surface area contributed by atoms with Crippen LogP contribution in [0, 0.1) is 0 Å². The molecule has 1 heterocycles. The Balaban J connectivity index is 2.02. The van der Waals surface area contributed by atoms with Crippen LogP contribution in [0.2, 0.25) is 0 Å². The van der Waals surface area contributed by atoms with Crippen LogP contribution in [-0.2, 0) is 22.5 Å². The standard InChI is InChI=1S/C17H26N2O2/c1-19(16-8-5-10-18-11-9-16)13-15-7-4-3-6-14(15)12-17(20)21-2/h3-4,6-7,16,18H,5,8-13H2,1-2H3. The molecule has 0 amide bonds. The SMILES string of the molecule is COC(=O)Cc1ccccc1CN(C)C1CCCNCC1. The van der Waals surface area contributed by atoms with Crippen molar-refractivity contribution in [3.05, 3.63) is 35.4 Å². The van der Waals surface area contributed by atoms with E-state index in [0.29, 0.717) is 12.5 Å². The van der Waals surface area contributed by atoms with Crippen molar-refractivity contribution in [3.8, 4) is 0 Å². The summed E-state index contributed by atoms with van der Waals surface area (Å²) in [6.07, 6.45) is 4.02. The van der Waals surface area contributed by atoms with Crippen LogP contribution < -0.4 is 5.32 Å². The van der Waals surface area contributed by atoms with Crippen molar-refractivity contribution in [2.45, 2.75) is 38.3 Å². The van der Waals surface area contributed by atoms with E-state index in [1.54, 1.807) is 0 Å². The van der Waals surface area contributed by atoms with Crippen molar-refractivity contribution in [3.63, 3.8) is 0 Å². The van der Waals surface area contributed by atoms with Crippen molar-refractivity contribution in [1.82, 2.24) is 10.2 Å². The van der Waals surface area contributed by atoms with Gasteiger partial charge in [0, 0.05) is 12.6 Å². The molecule has 1 aromatic carbocycles. The van der Waals surface area contributed by atoms with Crippen molar-refractivity contribution in [2.75, 3.05) is 27.2 Å². The van der Waals surface area contributed by atoms with Crippen molar-refractivity contribution in [2.24, 2.45) is 0 Å². The van der Waals surface area contributed by atoms with Crippen LogP contribution in [0.3, 0.4) is 0 Å². The molecule has 1 aliphatic heterocycles. The Morgan fingerprint density at radius 3 is 2.81 bits per heavy atom. The van der Waals surface area contributed by atoms with E-state index >= 15 is 0 Å². The summed E-state index contributed by atoms with van der Waals surface area (Å²) in [5, 5.41) is 3.45. The average Bonchev–Trinajstić information content (AvgIpc) is 2.78. The lowest BCUT2D eigenvalue weighted by Gasteiger charge is -2.27. The third-order valence-electron chi connectivity index (χ3n) is 4.27. The lowest BCUT2D eigenvalue weighted by atomic mass is 10.0. The monoisotopic (exact) mass is 290 g/mol. The normalized spacial score (nSPS) is 19.3. The molecule has 1 aliphatic rings. The number of hydrogen-bond acceptors (Lipinski definition) is 4. The Bertz CT molecular complexity index is 454. The van der Waals surface area contributed by atoms with Crippen LogP contribution in [-0.4, -0.2) is 44.2 Å². The Morgan fingerprint density at radius 1 is 1.29 bits per heavy atom. The minimum Gasteiger partial charge on any atom is -0.469 e. The Labute approximate surface area is 127 Å².